The summed E-state index contributed by atoms with van der Waals surface area (Å²) in [6.07, 6.45) is 0.226. The lowest BCUT2D eigenvalue weighted by atomic mass is 10.1. The Balaban J connectivity index is 2.60. The summed E-state index contributed by atoms with van der Waals surface area (Å²) >= 11 is 0. The number of hydrogen-bond acceptors (Lipinski definition) is 2. The van der Waals surface area contributed by atoms with Gasteiger partial charge in [0.25, 0.3) is 5.91 Å². The predicted molar refractivity (Wildman–Crippen MR) is 59.8 cm³/mol. The van der Waals surface area contributed by atoms with Crippen molar-refractivity contribution < 1.29 is 9.53 Å². The second-order valence-electron chi connectivity index (χ2n) is 3.64. The van der Waals surface area contributed by atoms with Crippen molar-refractivity contribution in [3.05, 3.63) is 35.4 Å². The van der Waals surface area contributed by atoms with Crippen molar-refractivity contribution in [3.8, 4) is 0 Å². The fourth-order valence-electron chi connectivity index (χ4n) is 1.16. The molecule has 0 saturated carbocycles. The van der Waals surface area contributed by atoms with Gasteiger partial charge in [-0.25, -0.2) is 0 Å². The Morgan fingerprint density at radius 3 is 2.40 bits per heavy atom. The van der Waals surface area contributed by atoms with Crippen molar-refractivity contribution in [1.29, 1.82) is 0 Å². The van der Waals surface area contributed by atoms with Gasteiger partial charge in [0.2, 0.25) is 0 Å². The molecule has 0 fully saturated rings. The first-order valence-corrected chi connectivity index (χ1v) is 5.06. The Bertz CT molecular complexity index is 317. The van der Waals surface area contributed by atoms with E-state index < -0.39 is 0 Å². The summed E-state index contributed by atoms with van der Waals surface area (Å²) in [7, 11) is 1.62. The molecule has 0 aliphatic rings. The largest absolute Gasteiger partial charge is 0.374 e. The molecule has 0 saturated heterocycles. The molecular weight excluding hydrogens is 190 g/mol. The summed E-state index contributed by atoms with van der Waals surface area (Å²) in [5, 5.41) is 2.58. The molecule has 1 aromatic rings. The van der Waals surface area contributed by atoms with Gasteiger partial charge in [-0.1, -0.05) is 12.1 Å². The molecule has 1 rings (SSSR count). The Labute approximate surface area is 90.4 Å². The molecule has 0 aromatic heterocycles. The minimum absolute atomic E-state index is 0.0636. The summed E-state index contributed by atoms with van der Waals surface area (Å²) in [6.45, 7) is 4.59. The number of rotatable bonds is 4. The number of ether oxygens (including phenoxy) is 1. The minimum atomic E-state index is -0.0636. The highest BCUT2D eigenvalue weighted by atomic mass is 16.5. The molecule has 0 unspecified atom stereocenters. The molecule has 1 aromatic carbocycles. The van der Waals surface area contributed by atoms with Gasteiger partial charge in [0.05, 0.1) is 12.7 Å². The van der Waals surface area contributed by atoms with Crippen LogP contribution in [0.5, 0.6) is 0 Å². The lowest BCUT2D eigenvalue weighted by Crippen LogP contribution is -2.17. The first kappa shape index (κ1) is 11.7. The number of carbonyl (C=O) groups is 1. The standard InChI is InChI=1S/C12H17NO2/c1-9(2)15-8-10-4-6-11(7-5-10)12(14)13-3/h4-7,9H,8H2,1-3H3,(H,13,14). The van der Waals surface area contributed by atoms with Gasteiger partial charge in [-0.3, -0.25) is 4.79 Å². The molecule has 1 N–H and O–H groups in total. The maximum absolute atomic E-state index is 11.2. The monoisotopic (exact) mass is 207 g/mol. The first-order valence-electron chi connectivity index (χ1n) is 5.06. The Morgan fingerprint density at radius 1 is 1.33 bits per heavy atom. The number of hydrogen-bond donors (Lipinski definition) is 1. The lowest BCUT2D eigenvalue weighted by Gasteiger charge is -2.07. The molecule has 0 radical (unpaired) electrons. The van der Waals surface area contributed by atoms with Gasteiger partial charge in [-0.05, 0) is 31.5 Å². The van der Waals surface area contributed by atoms with E-state index in [1.807, 2.05) is 26.0 Å². The Morgan fingerprint density at radius 2 is 1.93 bits per heavy atom. The minimum Gasteiger partial charge on any atom is -0.374 e. The van der Waals surface area contributed by atoms with Crippen LogP contribution in [-0.4, -0.2) is 19.1 Å². The highest BCUT2D eigenvalue weighted by Crippen LogP contribution is 2.06. The Kier molecular flexibility index (Phi) is 4.31. The third-order valence-corrected chi connectivity index (χ3v) is 2.03. The van der Waals surface area contributed by atoms with E-state index in [1.54, 1.807) is 19.2 Å². The fraction of sp³-hybridized carbons (Fsp3) is 0.417. The van der Waals surface area contributed by atoms with E-state index in [4.69, 9.17) is 4.74 Å². The van der Waals surface area contributed by atoms with Crippen LogP contribution in [0.4, 0.5) is 0 Å². The molecule has 0 bridgehead atoms. The highest BCUT2D eigenvalue weighted by molar-refractivity contribution is 5.93. The van der Waals surface area contributed by atoms with E-state index in [0.717, 1.165) is 5.56 Å². The predicted octanol–water partition coefficient (Wildman–Crippen LogP) is 1.97. The molecule has 0 heterocycles. The van der Waals surface area contributed by atoms with Gasteiger partial charge in [-0.15, -0.1) is 0 Å². The van der Waals surface area contributed by atoms with Crippen LogP contribution in [0.3, 0.4) is 0 Å². The molecule has 3 nitrogen and oxygen atoms in total. The van der Waals surface area contributed by atoms with Crippen LogP contribution in [0.1, 0.15) is 29.8 Å². The summed E-state index contributed by atoms with van der Waals surface area (Å²) in [6, 6.07) is 7.43. The molecule has 0 aliphatic carbocycles. The average Bonchev–Trinajstić information content (AvgIpc) is 2.26. The van der Waals surface area contributed by atoms with Crippen LogP contribution in [0.2, 0.25) is 0 Å². The molecular formula is C12H17NO2. The van der Waals surface area contributed by atoms with E-state index in [-0.39, 0.29) is 12.0 Å². The molecule has 1 amide bonds. The van der Waals surface area contributed by atoms with E-state index in [1.165, 1.54) is 0 Å². The van der Waals surface area contributed by atoms with Crippen LogP contribution < -0.4 is 5.32 Å². The van der Waals surface area contributed by atoms with Crippen molar-refractivity contribution in [3.63, 3.8) is 0 Å². The van der Waals surface area contributed by atoms with Gasteiger partial charge in [0.1, 0.15) is 0 Å². The van der Waals surface area contributed by atoms with Crippen LogP contribution >= 0.6 is 0 Å². The van der Waals surface area contributed by atoms with E-state index in [0.29, 0.717) is 12.2 Å². The van der Waals surface area contributed by atoms with Gasteiger partial charge in [-0.2, -0.15) is 0 Å². The smallest absolute Gasteiger partial charge is 0.251 e. The number of nitrogens with one attached hydrogen (secondary N) is 1. The lowest BCUT2D eigenvalue weighted by molar-refractivity contribution is 0.0657. The summed E-state index contributed by atoms with van der Waals surface area (Å²) in [5.74, 6) is -0.0636. The van der Waals surface area contributed by atoms with Crippen molar-refractivity contribution >= 4 is 5.91 Å². The van der Waals surface area contributed by atoms with Crippen LogP contribution in [-0.2, 0) is 11.3 Å². The summed E-state index contributed by atoms with van der Waals surface area (Å²) in [5.41, 5.74) is 1.75. The van der Waals surface area contributed by atoms with Crippen LogP contribution in [0, 0.1) is 0 Å². The van der Waals surface area contributed by atoms with Crippen LogP contribution in [0.15, 0.2) is 24.3 Å². The summed E-state index contributed by atoms with van der Waals surface area (Å²) in [4.78, 5) is 11.2. The van der Waals surface area contributed by atoms with E-state index in [2.05, 4.69) is 5.32 Å². The van der Waals surface area contributed by atoms with Crippen molar-refractivity contribution in [2.45, 2.75) is 26.6 Å². The second-order valence-corrected chi connectivity index (χ2v) is 3.64. The highest BCUT2D eigenvalue weighted by Gasteiger charge is 2.02. The molecule has 3 heteroatoms. The fourth-order valence-corrected chi connectivity index (χ4v) is 1.16. The van der Waals surface area contributed by atoms with Gasteiger partial charge < -0.3 is 10.1 Å². The third-order valence-electron chi connectivity index (χ3n) is 2.03. The summed E-state index contributed by atoms with van der Waals surface area (Å²) < 4.78 is 5.45. The van der Waals surface area contributed by atoms with E-state index >= 15 is 0 Å². The zero-order valence-electron chi connectivity index (χ0n) is 9.41. The Hall–Kier alpha value is -1.35. The number of carbonyl (C=O) groups excluding carboxylic acids is 1. The third kappa shape index (κ3) is 3.72. The van der Waals surface area contributed by atoms with Crippen molar-refractivity contribution in [2.75, 3.05) is 7.05 Å². The topological polar surface area (TPSA) is 38.3 Å². The maximum Gasteiger partial charge on any atom is 0.251 e. The average molecular weight is 207 g/mol. The first-order chi connectivity index (χ1) is 7.13. The SMILES string of the molecule is CNC(=O)c1ccc(COC(C)C)cc1. The normalized spacial score (nSPS) is 10.4. The molecule has 82 valence electrons. The number of amides is 1. The zero-order valence-corrected chi connectivity index (χ0v) is 9.41. The molecule has 0 spiro atoms. The second kappa shape index (κ2) is 5.51. The van der Waals surface area contributed by atoms with Crippen molar-refractivity contribution in [2.24, 2.45) is 0 Å². The molecule has 0 atom stereocenters. The van der Waals surface area contributed by atoms with Gasteiger partial charge in [0.15, 0.2) is 0 Å². The van der Waals surface area contributed by atoms with E-state index in [9.17, 15) is 4.79 Å². The molecule has 15 heavy (non-hydrogen) atoms. The van der Waals surface area contributed by atoms with Gasteiger partial charge >= 0.3 is 0 Å². The van der Waals surface area contributed by atoms with Crippen LogP contribution in [0.25, 0.3) is 0 Å². The number of benzene rings is 1. The quantitative estimate of drug-likeness (QED) is 0.819. The zero-order chi connectivity index (χ0) is 11.3. The van der Waals surface area contributed by atoms with Gasteiger partial charge in [0, 0.05) is 12.6 Å². The molecule has 0 aliphatic heterocycles. The van der Waals surface area contributed by atoms with Crippen molar-refractivity contribution in [1.82, 2.24) is 5.32 Å². The maximum atomic E-state index is 11.2.